The van der Waals surface area contributed by atoms with Crippen molar-refractivity contribution >= 4 is 12.4 Å². The van der Waals surface area contributed by atoms with Crippen molar-refractivity contribution in [2.45, 2.75) is 44.3 Å². The highest BCUT2D eigenvalue weighted by molar-refractivity contribution is 5.95. The van der Waals surface area contributed by atoms with E-state index in [2.05, 4.69) is 5.32 Å². The molecule has 0 saturated carbocycles. The summed E-state index contributed by atoms with van der Waals surface area (Å²) >= 11 is 0. The van der Waals surface area contributed by atoms with Crippen LogP contribution in [0.5, 0.6) is 5.75 Å². The van der Waals surface area contributed by atoms with Crippen molar-refractivity contribution in [2.24, 2.45) is 0 Å². The van der Waals surface area contributed by atoms with E-state index in [0.717, 1.165) is 30.3 Å². The van der Waals surface area contributed by atoms with Crippen molar-refractivity contribution in [1.29, 1.82) is 0 Å². The van der Waals surface area contributed by atoms with Gasteiger partial charge in [0.2, 0.25) is 0 Å². The maximum absolute atomic E-state index is 14.9. The lowest BCUT2D eigenvalue weighted by Gasteiger charge is -2.37. The van der Waals surface area contributed by atoms with Gasteiger partial charge in [-0.25, -0.2) is 8.78 Å². The van der Waals surface area contributed by atoms with E-state index in [1.807, 2.05) is 0 Å². The summed E-state index contributed by atoms with van der Waals surface area (Å²) in [5, 5.41) is 9.48. The summed E-state index contributed by atoms with van der Waals surface area (Å²) in [6.07, 6.45) is -10.6. The summed E-state index contributed by atoms with van der Waals surface area (Å²) in [7, 11) is 0. The highest BCUT2D eigenvalue weighted by Gasteiger charge is 2.41. The van der Waals surface area contributed by atoms with Crippen LogP contribution in [0.4, 0.5) is 35.1 Å². The Morgan fingerprint density at radius 1 is 0.783 bits per heavy atom. The summed E-state index contributed by atoms with van der Waals surface area (Å²) in [6.45, 7) is 2.97. The molecule has 0 aliphatic heterocycles. The average Bonchev–Trinajstić information content (AvgIpc) is 2.97. The standard InChI is InChI=1S/C32H25F8NO2.CH2O2/c1-19(2)43-28-17-22(11-12-27(28)34)30(18-20-7-4-3-5-8-20,24-14-25(32(38,39)40)16-26(33)15-24)41-29(42)21-9-6-10-23(13-21)31(35,36)37;2-1-3/h3-17,19H,18H2,1-2H3,(H,41,42);1H,(H,2,3)/t30-;/m1./s1. The van der Waals surface area contributed by atoms with Crippen LogP contribution in [0, 0.1) is 11.6 Å². The van der Waals surface area contributed by atoms with E-state index < -0.39 is 58.2 Å². The van der Waals surface area contributed by atoms with E-state index in [1.54, 1.807) is 44.2 Å². The van der Waals surface area contributed by atoms with Crippen LogP contribution in [-0.4, -0.2) is 23.6 Å². The molecule has 244 valence electrons. The van der Waals surface area contributed by atoms with Crippen LogP contribution in [0.1, 0.15) is 52.0 Å². The van der Waals surface area contributed by atoms with Crippen LogP contribution in [0.3, 0.4) is 0 Å². The zero-order chi connectivity index (χ0) is 34.3. The molecule has 0 spiro atoms. The van der Waals surface area contributed by atoms with Gasteiger partial charge in [-0.15, -0.1) is 0 Å². The van der Waals surface area contributed by atoms with Gasteiger partial charge in [0.1, 0.15) is 5.82 Å². The number of nitrogens with one attached hydrogen (secondary N) is 1. The summed E-state index contributed by atoms with van der Waals surface area (Å²) in [5.41, 5.74) is -4.95. The monoisotopic (exact) mass is 653 g/mol. The first-order valence-corrected chi connectivity index (χ1v) is 13.5. The van der Waals surface area contributed by atoms with Gasteiger partial charge in [-0.2, -0.15) is 26.3 Å². The van der Waals surface area contributed by atoms with Crippen molar-refractivity contribution in [2.75, 3.05) is 0 Å². The number of rotatable bonds is 8. The van der Waals surface area contributed by atoms with Gasteiger partial charge < -0.3 is 15.2 Å². The fraction of sp³-hybridized carbons (Fsp3) is 0.212. The molecule has 1 atom stereocenters. The first-order valence-electron chi connectivity index (χ1n) is 13.5. The minimum Gasteiger partial charge on any atom is -0.488 e. The lowest BCUT2D eigenvalue weighted by atomic mass is 9.77. The molecular formula is C33H27F8NO4. The lowest BCUT2D eigenvalue weighted by Crippen LogP contribution is -2.49. The summed E-state index contributed by atoms with van der Waals surface area (Å²) < 4.78 is 117. The van der Waals surface area contributed by atoms with E-state index in [1.165, 1.54) is 12.1 Å². The number of amides is 1. The van der Waals surface area contributed by atoms with Crippen LogP contribution >= 0.6 is 0 Å². The van der Waals surface area contributed by atoms with E-state index in [-0.39, 0.29) is 35.8 Å². The molecule has 0 unspecified atom stereocenters. The number of hydrogen-bond donors (Lipinski definition) is 2. The van der Waals surface area contributed by atoms with Crippen LogP contribution in [0.2, 0.25) is 0 Å². The van der Waals surface area contributed by atoms with Crippen molar-refractivity contribution < 1.29 is 54.6 Å². The predicted molar refractivity (Wildman–Crippen MR) is 152 cm³/mol. The quantitative estimate of drug-likeness (QED) is 0.148. The molecular weight excluding hydrogens is 626 g/mol. The van der Waals surface area contributed by atoms with Gasteiger partial charge in [0.15, 0.2) is 11.6 Å². The minimum atomic E-state index is -4.99. The molecule has 1 amide bonds. The van der Waals surface area contributed by atoms with Gasteiger partial charge in [0.25, 0.3) is 12.4 Å². The number of ether oxygens (including phenoxy) is 1. The number of halogens is 8. The highest BCUT2D eigenvalue weighted by Crippen LogP contribution is 2.40. The van der Waals surface area contributed by atoms with E-state index in [4.69, 9.17) is 14.6 Å². The average molecular weight is 654 g/mol. The largest absolute Gasteiger partial charge is 0.488 e. The third-order valence-electron chi connectivity index (χ3n) is 6.60. The number of carboxylic acid groups (broad SMARTS) is 1. The molecule has 4 aromatic carbocycles. The van der Waals surface area contributed by atoms with Crippen molar-refractivity contribution in [3.05, 3.63) is 136 Å². The topological polar surface area (TPSA) is 75.6 Å². The third-order valence-corrected chi connectivity index (χ3v) is 6.60. The Balaban J connectivity index is 0.00000185. The predicted octanol–water partition coefficient (Wildman–Crippen LogP) is 8.41. The molecule has 2 N–H and O–H groups in total. The molecule has 4 rings (SSSR count). The van der Waals surface area contributed by atoms with Crippen LogP contribution in [0.15, 0.2) is 91.0 Å². The van der Waals surface area contributed by atoms with Gasteiger partial charge in [-0.05, 0) is 79.1 Å². The fourth-order valence-electron chi connectivity index (χ4n) is 4.68. The second-order valence-corrected chi connectivity index (χ2v) is 10.2. The molecule has 0 saturated heterocycles. The highest BCUT2D eigenvalue weighted by atomic mass is 19.4. The summed E-state index contributed by atoms with van der Waals surface area (Å²) in [5.74, 6) is -3.50. The zero-order valence-electron chi connectivity index (χ0n) is 24.2. The Bertz CT molecular complexity index is 1660. The summed E-state index contributed by atoms with van der Waals surface area (Å²) in [4.78, 5) is 22.0. The maximum atomic E-state index is 14.9. The number of alkyl halides is 6. The second kappa shape index (κ2) is 14.4. The molecule has 0 bridgehead atoms. The lowest BCUT2D eigenvalue weighted by molar-refractivity contribution is -0.138. The molecule has 4 aromatic rings. The Morgan fingerprint density at radius 3 is 1.98 bits per heavy atom. The van der Waals surface area contributed by atoms with Crippen molar-refractivity contribution in [3.63, 3.8) is 0 Å². The van der Waals surface area contributed by atoms with Crippen LogP contribution in [0.25, 0.3) is 0 Å². The van der Waals surface area contributed by atoms with E-state index >= 15 is 0 Å². The van der Waals surface area contributed by atoms with Crippen LogP contribution < -0.4 is 10.1 Å². The normalized spacial score (nSPS) is 12.8. The van der Waals surface area contributed by atoms with E-state index in [9.17, 15) is 39.9 Å². The van der Waals surface area contributed by atoms with Gasteiger partial charge in [0, 0.05) is 12.0 Å². The molecule has 0 heterocycles. The number of carbonyl (C=O) groups excluding carboxylic acids is 1. The molecule has 0 aromatic heterocycles. The smallest absolute Gasteiger partial charge is 0.416 e. The molecule has 13 heteroatoms. The van der Waals surface area contributed by atoms with Crippen molar-refractivity contribution in [3.8, 4) is 5.75 Å². The van der Waals surface area contributed by atoms with E-state index in [0.29, 0.717) is 17.7 Å². The van der Waals surface area contributed by atoms with Crippen molar-refractivity contribution in [1.82, 2.24) is 5.32 Å². The summed E-state index contributed by atoms with van der Waals surface area (Å²) in [6, 6.07) is 16.6. The SMILES string of the molecule is CC(C)Oc1cc([C@@](Cc2ccccc2)(NC(=O)c2cccc(C(F)(F)F)c2)c2cc(F)cc(C(F)(F)F)c2)ccc1F.O=CO. The fourth-order valence-corrected chi connectivity index (χ4v) is 4.68. The minimum absolute atomic E-state index is 0.00699. The molecule has 5 nitrogen and oxygen atoms in total. The second-order valence-electron chi connectivity index (χ2n) is 10.2. The Hall–Kier alpha value is -4.94. The molecule has 46 heavy (non-hydrogen) atoms. The van der Waals surface area contributed by atoms with Gasteiger partial charge >= 0.3 is 12.4 Å². The van der Waals surface area contributed by atoms with Crippen LogP contribution in [-0.2, 0) is 29.1 Å². The third kappa shape index (κ3) is 8.83. The first kappa shape index (κ1) is 35.5. The van der Waals surface area contributed by atoms with Gasteiger partial charge in [-0.3, -0.25) is 9.59 Å². The Labute approximate surface area is 258 Å². The molecule has 0 aliphatic rings. The van der Waals surface area contributed by atoms with Gasteiger partial charge in [0.05, 0.1) is 22.8 Å². The molecule has 0 radical (unpaired) electrons. The zero-order valence-corrected chi connectivity index (χ0v) is 24.2. The number of hydrogen-bond acceptors (Lipinski definition) is 3. The Morgan fingerprint density at radius 2 is 1.39 bits per heavy atom. The molecule has 0 aliphatic carbocycles. The number of benzene rings is 4. The maximum Gasteiger partial charge on any atom is 0.416 e. The Kier molecular flexibility index (Phi) is 11.2. The first-order chi connectivity index (χ1) is 21.5. The van der Waals surface area contributed by atoms with Gasteiger partial charge in [-0.1, -0.05) is 42.5 Å². The molecule has 0 fully saturated rings. The number of carbonyl (C=O) groups is 2.